The molecule has 0 radical (unpaired) electrons. The third-order valence-electron chi connectivity index (χ3n) is 8.26. The Morgan fingerprint density at radius 2 is 1.87 bits per heavy atom. The summed E-state index contributed by atoms with van der Waals surface area (Å²) in [5.41, 5.74) is 1.58. The number of hydrogen-bond acceptors (Lipinski definition) is 2. The average Bonchev–Trinajstić information content (AvgIpc) is 2.85. The highest BCUT2D eigenvalue weighted by Gasteiger charge is 2.60. The summed E-state index contributed by atoms with van der Waals surface area (Å²) in [5.74, 6) is 1.46. The number of rotatable bonds is 1. The van der Waals surface area contributed by atoms with Gasteiger partial charge in [-0.2, -0.15) is 0 Å². The third-order valence-corrected chi connectivity index (χ3v) is 8.26. The Hall–Kier alpha value is -1.12. The lowest BCUT2D eigenvalue weighted by molar-refractivity contribution is -0.149. The van der Waals surface area contributed by atoms with Crippen LogP contribution in [0.2, 0.25) is 0 Å². The number of carbonyl (C=O) groups excluding carboxylic acids is 1. The fraction of sp³-hybridized carbons (Fsp3) is 0.800. The van der Waals surface area contributed by atoms with Gasteiger partial charge in [0.25, 0.3) is 0 Å². The minimum atomic E-state index is -0.584. The summed E-state index contributed by atoms with van der Waals surface area (Å²) in [6.07, 6.45) is 9.99. The molecule has 4 rings (SSSR count). The standard InChI is InChI=1S/C20H28O3/c1-19-9-7-13(21)11-12(19)3-4-14-15-5-6-17(18(22)23)20(15,2)10-8-16(14)19/h11,14-17H,3-10H2,1-2H3,(H,22,23)/t14-,15?,16?,17+,19-,20-/m0/s1. The molecule has 0 aromatic carbocycles. The van der Waals surface area contributed by atoms with Crippen LogP contribution in [0.4, 0.5) is 0 Å². The first kappa shape index (κ1) is 15.4. The summed E-state index contributed by atoms with van der Waals surface area (Å²) in [6, 6.07) is 0. The summed E-state index contributed by atoms with van der Waals surface area (Å²) in [4.78, 5) is 23.5. The van der Waals surface area contributed by atoms with E-state index in [0.717, 1.165) is 44.9 Å². The largest absolute Gasteiger partial charge is 0.481 e. The monoisotopic (exact) mass is 316 g/mol. The Labute approximate surface area is 138 Å². The molecule has 1 N–H and O–H groups in total. The molecule has 3 nitrogen and oxygen atoms in total. The molecular formula is C20H28O3. The topological polar surface area (TPSA) is 54.4 Å². The number of carboxylic acid groups (broad SMARTS) is 1. The lowest BCUT2D eigenvalue weighted by atomic mass is 9.47. The first-order valence-corrected chi connectivity index (χ1v) is 9.33. The first-order chi connectivity index (χ1) is 10.9. The molecular weight excluding hydrogens is 288 g/mol. The minimum Gasteiger partial charge on any atom is -0.481 e. The number of carboxylic acids is 1. The van der Waals surface area contributed by atoms with Crippen LogP contribution in [0.1, 0.15) is 65.2 Å². The molecule has 0 bridgehead atoms. The molecule has 0 aromatic rings. The molecule has 4 aliphatic rings. The minimum absolute atomic E-state index is 0.00490. The quantitative estimate of drug-likeness (QED) is 0.788. The molecule has 2 unspecified atom stereocenters. The second-order valence-corrected chi connectivity index (χ2v) is 8.98. The molecule has 0 spiro atoms. The zero-order valence-electron chi connectivity index (χ0n) is 14.3. The molecule has 0 amide bonds. The number of ketones is 1. The van der Waals surface area contributed by atoms with Crippen LogP contribution in [0.5, 0.6) is 0 Å². The van der Waals surface area contributed by atoms with Crippen LogP contribution < -0.4 is 0 Å². The van der Waals surface area contributed by atoms with Gasteiger partial charge >= 0.3 is 5.97 Å². The molecule has 0 aliphatic heterocycles. The van der Waals surface area contributed by atoms with E-state index in [1.165, 1.54) is 5.57 Å². The average molecular weight is 316 g/mol. The van der Waals surface area contributed by atoms with Gasteiger partial charge in [0.2, 0.25) is 0 Å². The maximum absolute atomic E-state index is 11.8. The van der Waals surface area contributed by atoms with E-state index in [1.54, 1.807) is 0 Å². The van der Waals surface area contributed by atoms with E-state index in [0.29, 0.717) is 30.0 Å². The Kier molecular flexibility index (Phi) is 3.31. The zero-order valence-corrected chi connectivity index (χ0v) is 14.3. The Morgan fingerprint density at radius 3 is 2.61 bits per heavy atom. The molecule has 126 valence electrons. The summed E-state index contributed by atoms with van der Waals surface area (Å²) in [5, 5.41) is 9.63. The van der Waals surface area contributed by atoms with Gasteiger partial charge in [-0.15, -0.1) is 0 Å². The van der Waals surface area contributed by atoms with Crippen molar-refractivity contribution in [3.63, 3.8) is 0 Å². The molecule has 3 fully saturated rings. The molecule has 0 aromatic heterocycles. The second kappa shape index (κ2) is 4.94. The number of carbonyl (C=O) groups is 2. The lowest BCUT2D eigenvalue weighted by Gasteiger charge is -2.57. The molecule has 0 heterocycles. The van der Waals surface area contributed by atoms with Gasteiger partial charge in [0.15, 0.2) is 5.78 Å². The maximum atomic E-state index is 11.8. The van der Waals surface area contributed by atoms with Gasteiger partial charge in [-0.1, -0.05) is 19.4 Å². The number of hydrogen-bond donors (Lipinski definition) is 1. The highest BCUT2D eigenvalue weighted by molar-refractivity contribution is 5.91. The molecule has 6 atom stereocenters. The molecule has 3 heteroatoms. The van der Waals surface area contributed by atoms with Gasteiger partial charge in [-0.05, 0) is 79.6 Å². The normalized spacial score (nSPS) is 49.0. The molecule has 3 saturated carbocycles. The Balaban J connectivity index is 1.67. The highest BCUT2D eigenvalue weighted by atomic mass is 16.4. The van der Waals surface area contributed by atoms with Crippen LogP contribution in [-0.2, 0) is 9.59 Å². The van der Waals surface area contributed by atoms with Crippen molar-refractivity contribution in [2.24, 2.45) is 34.5 Å². The maximum Gasteiger partial charge on any atom is 0.307 e. The van der Waals surface area contributed by atoms with E-state index in [2.05, 4.69) is 13.8 Å². The first-order valence-electron chi connectivity index (χ1n) is 9.33. The molecule has 4 aliphatic carbocycles. The van der Waals surface area contributed by atoms with Gasteiger partial charge in [0, 0.05) is 6.42 Å². The number of allylic oxidation sites excluding steroid dienone is 1. The zero-order chi connectivity index (χ0) is 16.4. The SMILES string of the molecule is C[C@]12CCC(=O)C=C1CC[C@@H]1C2CC[C@@]2(C)C1CC[C@@H]2C(=O)O. The van der Waals surface area contributed by atoms with Crippen molar-refractivity contribution in [2.45, 2.75) is 65.2 Å². The van der Waals surface area contributed by atoms with Crippen molar-refractivity contribution >= 4 is 11.8 Å². The highest BCUT2D eigenvalue weighted by Crippen LogP contribution is 2.66. The lowest BCUT2D eigenvalue weighted by Crippen LogP contribution is -2.51. The van der Waals surface area contributed by atoms with Crippen molar-refractivity contribution in [1.29, 1.82) is 0 Å². The van der Waals surface area contributed by atoms with Crippen LogP contribution in [0.25, 0.3) is 0 Å². The van der Waals surface area contributed by atoms with Crippen molar-refractivity contribution in [1.82, 2.24) is 0 Å². The van der Waals surface area contributed by atoms with Crippen LogP contribution in [-0.4, -0.2) is 16.9 Å². The van der Waals surface area contributed by atoms with E-state index in [-0.39, 0.29) is 16.7 Å². The van der Waals surface area contributed by atoms with E-state index < -0.39 is 5.97 Å². The fourth-order valence-corrected chi connectivity index (χ4v) is 6.97. The van der Waals surface area contributed by atoms with E-state index >= 15 is 0 Å². The fourth-order valence-electron chi connectivity index (χ4n) is 6.97. The summed E-state index contributed by atoms with van der Waals surface area (Å²) in [7, 11) is 0. The molecule has 0 saturated heterocycles. The van der Waals surface area contributed by atoms with Crippen molar-refractivity contribution < 1.29 is 14.7 Å². The van der Waals surface area contributed by atoms with Gasteiger partial charge in [0.1, 0.15) is 0 Å². The van der Waals surface area contributed by atoms with Gasteiger partial charge in [-0.25, -0.2) is 0 Å². The summed E-state index contributed by atoms with van der Waals surface area (Å²) < 4.78 is 0. The van der Waals surface area contributed by atoms with E-state index in [1.807, 2.05) is 6.08 Å². The van der Waals surface area contributed by atoms with E-state index in [9.17, 15) is 14.7 Å². The smallest absolute Gasteiger partial charge is 0.307 e. The van der Waals surface area contributed by atoms with Gasteiger partial charge < -0.3 is 5.11 Å². The second-order valence-electron chi connectivity index (χ2n) is 8.98. The van der Waals surface area contributed by atoms with Crippen LogP contribution >= 0.6 is 0 Å². The predicted molar refractivity (Wildman–Crippen MR) is 87.8 cm³/mol. The van der Waals surface area contributed by atoms with E-state index in [4.69, 9.17) is 0 Å². The third kappa shape index (κ3) is 2.01. The number of fused-ring (bicyclic) bond motifs is 5. The predicted octanol–water partition coefficient (Wildman–Crippen LogP) is 4.22. The summed E-state index contributed by atoms with van der Waals surface area (Å²) >= 11 is 0. The van der Waals surface area contributed by atoms with Gasteiger partial charge in [0.05, 0.1) is 5.92 Å². The Bertz CT molecular complexity index is 592. The van der Waals surface area contributed by atoms with Crippen LogP contribution in [0.15, 0.2) is 11.6 Å². The van der Waals surface area contributed by atoms with Crippen molar-refractivity contribution in [3.05, 3.63) is 11.6 Å². The van der Waals surface area contributed by atoms with Gasteiger partial charge in [-0.3, -0.25) is 9.59 Å². The van der Waals surface area contributed by atoms with Crippen LogP contribution in [0.3, 0.4) is 0 Å². The van der Waals surface area contributed by atoms with Crippen LogP contribution in [0, 0.1) is 34.5 Å². The summed E-state index contributed by atoms with van der Waals surface area (Å²) in [6.45, 7) is 4.63. The Morgan fingerprint density at radius 1 is 1.09 bits per heavy atom. The molecule has 23 heavy (non-hydrogen) atoms. The number of aliphatic carboxylic acids is 1. The van der Waals surface area contributed by atoms with Crippen molar-refractivity contribution in [3.8, 4) is 0 Å². The van der Waals surface area contributed by atoms with Crippen molar-refractivity contribution in [2.75, 3.05) is 0 Å².